The van der Waals surface area contributed by atoms with E-state index in [1.54, 1.807) is 30.3 Å². The van der Waals surface area contributed by atoms with Crippen molar-refractivity contribution >= 4 is 15.9 Å². The Bertz CT molecular complexity index is 1020. The van der Waals surface area contributed by atoms with E-state index in [0.29, 0.717) is 63.0 Å². The molecule has 2 heterocycles. The summed E-state index contributed by atoms with van der Waals surface area (Å²) in [5.74, 6) is 0.611. The fourth-order valence-electron chi connectivity index (χ4n) is 3.61. The lowest BCUT2D eigenvalue weighted by Gasteiger charge is -2.34. The molecule has 0 unspecified atom stereocenters. The van der Waals surface area contributed by atoms with Crippen LogP contribution in [0, 0.1) is 0 Å². The molecule has 1 amide bonds. The lowest BCUT2D eigenvalue weighted by molar-refractivity contribution is 0.1000. The second-order valence-electron chi connectivity index (χ2n) is 7.40. The van der Waals surface area contributed by atoms with Gasteiger partial charge in [-0.25, -0.2) is 8.42 Å². The molecule has 0 bridgehead atoms. The molecular formula is C21H25N3O5S. The number of benzene rings is 2. The molecule has 1 fully saturated rings. The van der Waals surface area contributed by atoms with Gasteiger partial charge in [-0.3, -0.25) is 9.69 Å². The molecule has 30 heavy (non-hydrogen) atoms. The Morgan fingerprint density at radius 2 is 1.60 bits per heavy atom. The minimum absolute atomic E-state index is 0.224. The van der Waals surface area contributed by atoms with Crippen LogP contribution < -0.4 is 15.2 Å². The fraction of sp³-hybridized carbons (Fsp3) is 0.381. The topological polar surface area (TPSA) is 102 Å². The van der Waals surface area contributed by atoms with Crippen molar-refractivity contribution in [1.82, 2.24) is 9.21 Å². The summed E-state index contributed by atoms with van der Waals surface area (Å²) in [6.07, 6.45) is 0.768. The zero-order valence-electron chi connectivity index (χ0n) is 16.6. The van der Waals surface area contributed by atoms with Gasteiger partial charge in [0.15, 0.2) is 11.5 Å². The molecule has 0 aromatic heterocycles. The molecule has 4 rings (SSSR count). The van der Waals surface area contributed by atoms with E-state index in [4.69, 9.17) is 15.2 Å². The van der Waals surface area contributed by atoms with Crippen LogP contribution in [0.2, 0.25) is 0 Å². The summed E-state index contributed by atoms with van der Waals surface area (Å²) in [4.78, 5) is 13.6. The van der Waals surface area contributed by atoms with E-state index in [1.807, 2.05) is 12.1 Å². The lowest BCUT2D eigenvalue weighted by Crippen LogP contribution is -2.48. The van der Waals surface area contributed by atoms with Gasteiger partial charge in [0.25, 0.3) is 0 Å². The molecular weight excluding hydrogens is 406 g/mol. The van der Waals surface area contributed by atoms with Crippen molar-refractivity contribution in [2.75, 3.05) is 39.4 Å². The smallest absolute Gasteiger partial charge is 0.248 e. The minimum atomic E-state index is -3.60. The van der Waals surface area contributed by atoms with Gasteiger partial charge in [-0.15, -0.1) is 0 Å². The van der Waals surface area contributed by atoms with Crippen molar-refractivity contribution in [1.29, 1.82) is 0 Å². The highest BCUT2D eigenvalue weighted by Gasteiger charge is 2.29. The first-order chi connectivity index (χ1) is 14.4. The molecule has 0 saturated carbocycles. The molecule has 2 aromatic rings. The zero-order chi connectivity index (χ0) is 21.1. The van der Waals surface area contributed by atoms with Gasteiger partial charge < -0.3 is 15.2 Å². The van der Waals surface area contributed by atoms with Crippen LogP contribution in [0.15, 0.2) is 47.4 Å². The number of ether oxygens (including phenoxy) is 2. The highest BCUT2D eigenvalue weighted by molar-refractivity contribution is 7.89. The molecule has 0 atom stereocenters. The largest absolute Gasteiger partial charge is 0.490 e. The van der Waals surface area contributed by atoms with Crippen LogP contribution in [0.25, 0.3) is 0 Å². The van der Waals surface area contributed by atoms with Crippen molar-refractivity contribution < 1.29 is 22.7 Å². The maximum absolute atomic E-state index is 13.1. The summed E-state index contributed by atoms with van der Waals surface area (Å²) in [5, 5.41) is 0. The van der Waals surface area contributed by atoms with E-state index in [2.05, 4.69) is 4.90 Å². The van der Waals surface area contributed by atoms with Crippen LogP contribution in [0.5, 0.6) is 11.5 Å². The molecule has 2 aliphatic heterocycles. The second-order valence-corrected chi connectivity index (χ2v) is 9.34. The highest BCUT2D eigenvalue weighted by Crippen LogP contribution is 2.33. The number of amides is 1. The van der Waals surface area contributed by atoms with Crippen LogP contribution >= 0.6 is 0 Å². The number of nitrogens with zero attached hydrogens (tertiary/aromatic N) is 2. The van der Waals surface area contributed by atoms with E-state index in [0.717, 1.165) is 12.0 Å². The molecule has 2 aliphatic rings. The van der Waals surface area contributed by atoms with Gasteiger partial charge in [-0.1, -0.05) is 12.1 Å². The number of rotatable bonds is 5. The SMILES string of the molecule is NC(=O)c1ccc(CN2CCN(S(=O)(=O)c3ccc4c(c3)OCCCO4)CC2)cc1. The lowest BCUT2D eigenvalue weighted by atomic mass is 10.1. The van der Waals surface area contributed by atoms with Gasteiger partial charge in [-0.2, -0.15) is 4.31 Å². The maximum atomic E-state index is 13.1. The molecule has 0 aliphatic carbocycles. The van der Waals surface area contributed by atoms with Gasteiger partial charge >= 0.3 is 0 Å². The maximum Gasteiger partial charge on any atom is 0.248 e. The van der Waals surface area contributed by atoms with Gasteiger partial charge in [0.1, 0.15) is 0 Å². The normalized spacial score (nSPS) is 18.0. The predicted molar refractivity (Wildman–Crippen MR) is 111 cm³/mol. The Balaban J connectivity index is 1.39. The molecule has 2 N–H and O–H groups in total. The van der Waals surface area contributed by atoms with Crippen LogP contribution in [-0.2, 0) is 16.6 Å². The van der Waals surface area contributed by atoms with Crippen LogP contribution in [0.4, 0.5) is 0 Å². The summed E-state index contributed by atoms with van der Waals surface area (Å²) in [7, 11) is -3.60. The number of primary amides is 1. The third-order valence-corrected chi connectivity index (χ3v) is 7.23. The van der Waals surface area contributed by atoms with Crippen molar-refractivity contribution in [3.63, 3.8) is 0 Å². The van der Waals surface area contributed by atoms with Crippen LogP contribution in [0.3, 0.4) is 0 Å². The number of hydrogen-bond acceptors (Lipinski definition) is 6. The summed E-state index contributed by atoms with van der Waals surface area (Å²) in [5.41, 5.74) is 6.80. The van der Waals surface area contributed by atoms with E-state index in [9.17, 15) is 13.2 Å². The number of hydrogen-bond donors (Lipinski definition) is 1. The third-order valence-electron chi connectivity index (χ3n) is 5.33. The Labute approximate surface area is 176 Å². The Morgan fingerprint density at radius 3 is 2.27 bits per heavy atom. The van der Waals surface area contributed by atoms with Gasteiger partial charge in [0, 0.05) is 50.8 Å². The number of nitrogens with two attached hydrogens (primary N) is 1. The first-order valence-electron chi connectivity index (χ1n) is 9.94. The summed E-state index contributed by atoms with van der Waals surface area (Å²) in [6.45, 7) is 3.84. The number of sulfonamides is 1. The average molecular weight is 432 g/mol. The first-order valence-corrected chi connectivity index (χ1v) is 11.4. The number of fused-ring (bicyclic) bond motifs is 1. The van der Waals surface area contributed by atoms with Gasteiger partial charge in [-0.05, 0) is 29.8 Å². The molecule has 8 nitrogen and oxygen atoms in total. The van der Waals surface area contributed by atoms with Crippen molar-refractivity contribution in [2.45, 2.75) is 17.9 Å². The summed E-state index contributed by atoms with van der Waals surface area (Å²) < 4.78 is 38.9. The standard InChI is InChI=1S/C21H25N3O5S/c22-21(25)17-4-2-16(3-5-17)15-23-8-10-24(11-9-23)30(26,27)18-6-7-19-20(14-18)29-13-1-12-28-19/h2-7,14H,1,8-13,15H2,(H2,22,25). The summed E-state index contributed by atoms with van der Waals surface area (Å²) in [6, 6.07) is 12.0. The summed E-state index contributed by atoms with van der Waals surface area (Å²) >= 11 is 0. The first kappa shape index (κ1) is 20.6. The van der Waals surface area contributed by atoms with Gasteiger partial charge in [0.05, 0.1) is 18.1 Å². The fourth-order valence-corrected chi connectivity index (χ4v) is 5.05. The Morgan fingerprint density at radius 1 is 0.933 bits per heavy atom. The molecule has 0 radical (unpaired) electrons. The second kappa shape index (κ2) is 8.63. The Hall–Kier alpha value is -2.62. The Kier molecular flexibility index (Phi) is 5.94. The molecule has 1 saturated heterocycles. The van der Waals surface area contributed by atoms with E-state index in [-0.39, 0.29) is 4.90 Å². The highest BCUT2D eigenvalue weighted by atomic mass is 32.2. The number of carbonyl (C=O) groups excluding carboxylic acids is 1. The number of carbonyl (C=O) groups is 1. The quantitative estimate of drug-likeness (QED) is 0.769. The van der Waals surface area contributed by atoms with Crippen molar-refractivity contribution in [2.24, 2.45) is 5.73 Å². The molecule has 2 aromatic carbocycles. The van der Waals surface area contributed by atoms with E-state index in [1.165, 1.54) is 4.31 Å². The predicted octanol–water partition coefficient (Wildman–Crippen LogP) is 1.45. The molecule has 0 spiro atoms. The number of piperazine rings is 1. The minimum Gasteiger partial charge on any atom is -0.490 e. The van der Waals surface area contributed by atoms with Crippen molar-refractivity contribution in [3.05, 3.63) is 53.6 Å². The average Bonchev–Trinajstić information content (AvgIpc) is 2.99. The monoisotopic (exact) mass is 431 g/mol. The third kappa shape index (κ3) is 4.43. The van der Waals surface area contributed by atoms with E-state index >= 15 is 0 Å². The van der Waals surface area contributed by atoms with Crippen LogP contribution in [-0.4, -0.2) is 62.9 Å². The van der Waals surface area contributed by atoms with Crippen LogP contribution in [0.1, 0.15) is 22.3 Å². The zero-order valence-corrected chi connectivity index (χ0v) is 17.4. The van der Waals surface area contributed by atoms with Crippen molar-refractivity contribution in [3.8, 4) is 11.5 Å². The van der Waals surface area contributed by atoms with E-state index < -0.39 is 15.9 Å². The molecule has 160 valence electrons. The van der Waals surface area contributed by atoms with Gasteiger partial charge in [0.2, 0.25) is 15.9 Å². The molecule has 9 heteroatoms.